The van der Waals surface area contributed by atoms with E-state index in [1.165, 1.54) is 0 Å². The summed E-state index contributed by atoms with van der Waals surface area (Å²) in [6.07, 6.45) is 0. The first-order valence-electron chi connectivity index (χ1n) is 4.04. The molecule has 72 valence electrons. The summed E-state index contributed by atoms with van der Waals surface area (Å²) in [6.45, 7) is 4.96. The molecule has 0 aliphatic heterocycles. The summed E-state index contributed by atoms with van der Waals surface area (Å²) in [6, 6.07) is 3.23. The zero-order valence-corrected chi connectivity index (χ0v) is 8.68. The fourth-order valence-electron chi connectivity index (χ4n) is 1.20. The molecule has 0 fully saturated rings. The van der Waals surface area contributed by atoms with E-state index in [1.54, 1.807) is 32.9 Å². The fourth-order valence-corrected chi connectivity index (χ4v) is 1.47. The predicted octanol–water partition coefficient (Wildman–Crippen LogP) is 2.58. The van der Waals surface area contributed by atoms with Crippen LogP contribution in [0, 0.1) is 6.92 Å². The number of aryl methyl sites for hydroxylation is 1. The number of halogens is 1. The van der Waals surface area contributed by atoms with Crippen molar-refractivity contribution >= 4 is 11.6 Å². The average Bonchev–Trinajstić information content (AvgIpc) is 1.94. The van der Waals surface area contributed by atoms with Crippen LogP contribution in [0.5, 0.6) is 5.75 Å². The van der Waals surface area contributed by atoms with Crippen LogP contribution < -0.4 is 0 Å². The van der Waals surface area contributed by atoms with Crippen LogP contribution in [-0.4, -0.2) is 10.2 Å². The van der Waals surface area contributed by atoms with E-state index in [4.69, 9.17) is 11.6 Å². The maximum Gasteiger partial charge on any atom is 0.124 e. The number of aliphatic hydroxyl groups is 1. The SMILES string of the molecule is Cc1cc(Cl)cc(C(C)(C)O)c1O. The number of rotatable bonds is 1. The summed E-state index contributed by atoms with van der Waals surface area (Å²) >= 11 is 5.81. The Morgan fingerprint density at radius 3 is 2.31 bits per heavy atom. The number of hydrogen-bond acceptors (Lipinski definition) is 2. The Balaban J connectivity index is 3.37. The zero-order chi connectivity index (χ0) is 10.2. The molecule has 0 unspecified atom stereocenters. The van der Waals surface area contributed by atoms with Crippen molar-refractivity contribution in [2.75, 3.05) is 0 Å². The highest BCUT2D eigenvalue weighted by atomic mass is 35.5. The Kier molecular flexibility index (Phi) is 2.55. The van der Waals surface area contributed by atoms with Gasteiger partial charge in [-0.05, 0) is 38.5 Å². The van der Waals surface area contributed by atoms with Gasteiger partial charge in [-0.3, -0.25) is 0 Å². The number of benzene rings is 1. The second-order valence-electron chi connectivity index (χ2n) is 3.68. The number of hydrogen-bond donors (Lipinski definition) is 2. The van der Waals surface area contributed by atoms with Crippen LogP contribution in [0.1, 0.15) is 25.0 Å². The lowest BCUT2D eigenvalue weighted by atomic mass is 9.95. The van der Waals surface area contributed by atoms with Gasteiger partial charge in [0.25, 0.3) is 0 Å². The summed E-state index contributed by atoms with van der Waals surface area (Å²) in [4.78, 5) is 0. The Labute approximate surface area is 82.8 Å². The summed E-state index contributed by atoms with van der Waals surface area (Å²) in [5, 5.41) is 19.9. The Hall–Kier alpha value is -0.730. The van der Waals surface area contributed by atoms with E-state index in [0.717, 1.165) is 0 Å². The molecule has 2 N–H and O–H groups in total. The largest absolute Gasteiger partial charge is 0.507 e. The lowest BCUT2D eigenvalue weighted by Gasteiger charge is -2.20. The molecule has 0 saturated carbocycles. The van der Waals surface area contributed by atoms with Gasteiger partial charge in [-0.1, -0.05) is 11.6 Å². The highest BCUT2D eigenvalue weighted by molar-refractivity contribution is 6.30. The van der Waals surface area contributed by atoms with Gasteiger partial charge in [-0.15, -0.1) is 0 Å². The molecule has 3 heteroatoms. The van der Waals surface area contributed by atoms with Crippen molar-refractivity contribution in [3.05, 3.63) is 28.3 Å². The van der Waals surface area contributed by atoms with Crippen molar-refractivity contribution in [1.29, 1.82) is 0 Å². The van der Waals surface area contributed by atoms with E-state index in [9.17, 15) is 10.2 Å². The average molecular weight is 201 g/mol. The minimum absolute atomic E-state index is 0.108. The van der Waals surface area contributed by atoms with Crippen LogP contribution in [0.2, 0.25) is 5.02 Å². The molecule has 1 rings (SSSR count). The highest BCUT2D eigenvalue weighted by Crippen LogP contribution is 2.33. The van der Waals surface area contributed by atoms with Crippen molar-refractivity contribution in [1.82, 2.24) is 0 Å². The summed E-state index contributed by atoms with van der Waals surface area (Å²) in [5.74, 6) is 0.108. The second-order valence-corrected chi connectivity index (χ2v) is 4.11. The van der Waals surface area contributed by atoms with Crippen molar-refractivity contribution in [3.63, 3.8) is 0 Å². The quantitative estimate of drug-likeness (QED) is 0.732. The van der Waals surface area contributed by atoms with Gasteiger partial charge >= 0.3 is 0 Å². The molecule has 0 aliphatic carbocycles. The van der Waals surface area contributed by atoms with Crippen LogP contribution in [0.25, 0.3) is 0 Å². The lowest BCUT2D eigenvalue weighted by Crippen LogP contribution is -2.15. The lowest BCUT2D eigenvalue weighted by molar-refractivity contribution is 0.0757. The third kappa shape index (κ3) is 2.14. The number of phenols is 1. The van der Waals surface area contributed by atoms with Crippen molar-refractivity contribution in [2.45, 2.75) is 26.4 Å². The first-order valence-corrected chi connectivity index (χ1v) is 4.42. The Morgan fingerprint density at radius 1 is 1.31 bits per heavy atom. The first kappa shape index (κ1) is 10.4. The molecule has 0 aliphatic rings. The van der Waals surface area contributed by atoms with Crippen LogP contribution in [-0.2, 0) is 5.60 Å². The van der Waals surface area contributed by atoms with Gasteiger partial charge in [0, 0.05) is 10.6 Å². The fraction of sp³-hybridized carbons (Fsp3) is 0.400. The van der Waals surface area contributed by atoms with Crippen molar-refractivity contribution < 1.29 is 10.2 Å². The number of phenolic OH excluding ortho intramolecular Hbond substituents is 1. The predicted molar refractivity (Wildman–Crippen MR) is 53.1 cm³/mol. The molecule has 0 bridgehead atoms. The van der Waals surface area contributed by atoms with Crippen LogP contribution in [0.4, 0.5) is 0 Å². The standard InChI is InChI=1S/C10H13ClO2/c1-6-4-7(11)5-8(9(6)12)10(2,3)13/h4-5,12-13H,1-3H3. The summed E-state index contributed by atoms with van der Waals surface area (Å²) in [5.41, 5.74) is 0.0573. The van der Waals surface area contributed by atoms with E-state index in [-0.39, 0.29) is 5.75 Å². The molecule has 0 spiro atoms. The van der Waals surface area contributed by atoms with E-state index in [1.807, 2.05) is 0 Å². The van der Waals surface area contributed by atoms with Gasteiger partial charge in [-0.25, -0.2) is 0 Å². The molecule has 0 saturated heterocycles. The molecule has 13 heavy (non-hydrogen) atoms. The van der Waals surface area contributed by atoms with Crippen molar-refractivity contribution in [3.8, 4) is 5.75 Å². The minimum atomic E-state index is -1.07. The summed E-state index contributed by atoms with van der Waals surface area (Å²) in [7, 11) is 0. The van der Waals surface area contributed by atoms with Gasteiger partial charge in [-0.2, -0.15) is 0 Å². The van der Waals surface area contributed by atoms with Crippen molar-refractivity contribution in [2.24, 2.45) is 0 Å². The second kappa shape index (κ2) is 3.20. The summed E-state index contributed by atoms with van der Waals surface area (Å²) < 4.78 is 0. The smallest absolute Gasteiger partial charge is 0.124 e. The highest BCUT2D eigenvalue weighted by Gasteiger charge is 2.21. The van der Waals surface area contributed by atoms with E-state index in [2.05, 4.69) is 0 Å². The maximum absolute atomic E-state index is 9.70. The molecule has 1 aromatic rings. The monoisotopic (exact) mass is 200 g/mol. The molecule has 0 aromatic heterocycles. The molecule has 2 nitrogen and oxygen atoms in total. The molecule has 1 aromatic carbocycles. The van der Waals surface area contributed by atoms with E-state index >= 15 is 0 Å². The third-order valence-electron chi connectivity index (χ3n) is 1.92. The molecule has 0 heterocycles. The maximum atomic E-state index is 9.70. The van der Waals surface area contributed by atoms with Crippen LogP contribution in [0.15, 0.2) is 12.1 Å². The Bertz CT molecular complexity index is 326. The first-order chi connectivity index (χ1) is 5.82. The van der Waals surface area contributed by atoms with Gasteiger partial charge in [0.1, 0.15) is 5.75 Å². The zero-order valence-electron chi connectivity index (χ0n) is 7.93. The van der Waals surface area contributed by atoms with E-state index in [0.29, 0.717) is 16.1 Å². The third-order valence-corrected chi connectivity index (χ3v) is 2.14. The molecule has 0 amide bonds. The molecule has 0 atom stereocenters. The van der Waals surface area contributed by atoms with Crippen LogP contribution >= 0.6 is 11.6 Å². The molecular weight excluding hydrogens is 188 g/mol. The molecular formula is C10H13ClO2. The van der Waals surface area contributed by atoms with Gasteiger partial charge in [0.2, 0.25) is 0 Å². The number of aromatic hydroxyl groups is 1. The van der Waals surface area contributed by atoms with Gasteiger partial charge in [0.05, 0.1) is 5.60 Å². The van der Waals surface area contributed by atoms with Gasteiger partial charge < -0.3 is 10.2 Å². The Morgan fingerprint density at radius 2 is 1.85 bits per heavy atom. The van der Waals surface area contributed by atoms with Crippen LogP contribution in [0.3, 0.4) is 0 Å². The minimum Gasteiger partial charge on any atom is -0.507 e. The van der Waals surface area contributed by atoms with Gasteiger partial charge in [0.15, 0.2) is 0 Å². The molecule has 0 radical (unpaired) electrons. The van der Waals surface area contributed by atoms with E-state index < -0.39 is 5.60 Å². The topological polar surface area (TPSA) is 40.5 Å². The normalized spacial score (nSPS) is 11.8.